The lowest BCUT2D eigenvalue weighted by molar-refractivity contribution is -0.192. The Kier molecular flexibility index (Phi) is 8.74. The van der Waals surface area contributed by atoms with Gasteiger partial charge >= 0.3 is 12.1 Å². The second kappa shape index (κ2) is 11.0. The highest BCUT2D eigenvalue weighted by Gasteiger charge is 2.38. The minimum Gasteiger partial charge on any atom is -0.475 e. The fraction of sp³-hybridized carbons (Fsp3) is 0.529. The van der Waals surface area contributed by atoms with Crippen LogP contribution in [0.1, 0.15) is 10.7 Å². The number of aliphatic carboxylic acids is 1. The van der Waals surface area contributed by atoms with Gasteiger partial charge in [-0.1, -0.05) is 0 Å². The van der Waals surface area contributed by atoms with Crippen molar-refractivity contribution in [2.45, 2.75) is 25.8 Å². The number of hydrogen-bond donors (Lipinski definition) is 2. The molecule has 0 spiro atoms. The van der Waals surface area contributed by atoms with Gasteiger partial charge in [-0.25, -0.2) is 9.78 Å². The van der Waals surface area contributed by atoms with E-state index in [2.05, 4.69) is 20.3 Å². The Labute approximate surface area is 174 Å². The van der Waals surface area contributed by atoms with Crippen LogP contribution >= 0.6 is 11.3 Å². The zero-order chi connectivity index (χ0) is 22.1. The van der Waals surface area contributed by atoms with Gasteiger partial charge in [-0.05, 0) is 6.07 Å². The van der Waals surface area contributed by atoms with Crippen molar-refractivity contribution >= 4 is 23.2 Å². The van der Waals surface area contributed by atoms with Gasteiger partial charge in [0.2, 0.25) is 5.91 Å². The number of thiazole rings is 1. The van der Waals surface area contributed by atoms with Crippen LogP contribution in [-0.4, -0.2) is 69.6 Å². The summed E-state index contributed by atoms with van der Waals surface area (Å²) in [6.45, 7) is 3.89. The molecule has 2 N–H and O–H groups in total. The van der Waals surface area contributed by atoms with Crippen LogP contribution in [0.15, 0.2) is 23.8 Å². The molecule has 0 fully saturated rings. The van der Waals surface area contributed by atoms with Crippen LogP contribution in [0.5, 0.6) is 0 Å². The Morgan fingerprint density at radius 2 is 2.10 bits per heavy atom. The van der Waals surface area contributed by atoms with E-state index in [4.69, 9.17) is 14.6 Å². The Bertz CT molecular complexity index is 813. The Morgan fingerprint density at radius 3 is 2.70 bits per heavy atom. The minimum absolute atomic E-state index is 0.0505. The third-order valence-electron chi connectivity index (χ3n) is 4.12. The first kappa shape index (κ1) is 23.8. The summed E-state index contributed by atoms with van der Waals surface area (Å²) in [5.41, 5.74) is 1.13. The van der Waals surface area contributed by atoms with Crippen LogP contribution in [0.3, 0.4) is 0 Å². The summed E-state index contributed by atoms with van der Waals surface area (Å²) in [6, 6.07) is 2.01. The van der Waals surface area contributed by atoms with Crippen LogP contribution in [0, 0.1) is 5.92 Å². The average molecular weight is 449 g/mol. The molecular weight excluding hydrogens is 427 g/mol. The summed E-state index contributed by atoms with van der Waals surface area (Å²) < 4.78 is 38.7. The van der Waals surface area contributed by atoms with Crippen molar-refractivity contribution in [2.75, 3.05) is 26.8 Å². The summed E-state index contributed by atoms with van der Waals surface area (Å²) in [7, 11) is 1.63. The first-order valence-electron chi connectivity index (χ1n) is 8.89. The number of nitrogens with one attached hydrogen (secondary N) is 1. The molecule has 9 nitrogen and oxygen atoms in total. The molecular formula is C17H22F3N5O4S. The van der Waals surface area contributed by atoms with E-state index in [0.29, 0.717) is 26.2 Å². The van der Waals surface area contributed by atoms with Crippen LogP contribution in [0.25, 0.3) is 0 Å². The van der Waals surface area contributed by atoms with E-state index in [1.54, 1.807) is 24.6 Å². The molecule has 2 aromatic rings. The molecule has 2 aromatic heterocycles. The smallest absolute Gasteiger partial charge is 0.475 e. The Balaban J connectivity index is 0.000000396. The number of alkyl halides is 3. The molecule has 0 saturated heterocycles. The van der Waals surface area contributed by atoms with E-state index in [0.717, 1.165) is 23.8 Å². The highest BCUT2D eigenvalue weighted by Crippen LogP contribution is 2.19. The fourth-order valence-electron chi connectivity index (χ4n) is 2.76. The number of halogens is 3. The van der Waals surface area contributed by atoms with Gasteiger partial charge in [0.15, 0.2) is 0 Å². The van der Waals surface area contributed by atoms with Crippen molar-refractivity contribution in [1.82, 2.24) is 25.0 Å². The first-order valence-corrected chi connectivity index (χ1v) is 9.76. The number of carboxylic acid groups (broad SMARTS) is 1. The number of carboxylic acids is 1. The second-order valence-corrected chi connectivity index (χ2v) is 7.36. The molecule has 1 amide bonds. The Morgan fingerprint density at radius 1 is 1.37 bits per heavy atom. The lowest BCUT2D eigenvalue weighted by Gasteiger charge is -2.22. The lowest BCUT2D eigenvalue weighted by atomic mass is 10.1. The number of carbonyl (C=O) groups excluding carboxylic acids is 1. The molecule has 0 aliphatic carbocycles. The number of hydrogen-bond acceptors (Lipinski definition) is 7. The van der Waals surface area contributed by atoms with Gasteiger partial charge in [-0.15, -0.1) is 11.3 Å². The van der Waals surface area contributed by atoms with Crippen LogP contribution < -0.4 is 5.32 Å². The molecule has 0 saturated carbocycles. The van der Waals surface area contributed by atoms with E-state index in [-0.39, 0.29) is 11.8 Å². The summed E-state index contributed by atoms with van der Waals surface area (Å²) in [5.74, 6) is -2.84. The fourth-order valence-corrected chi connectivity index (χ4v) is 3.42. The van der Waals surface area contributed by atoms with Crippen molar-refractivity contribution in [1.29, 1.82) is 0 Å². The van der Waals surface area contributed by atoms with Crippen molar-refractivity contribution in [3.8, 4) is 0 Å². The van der Waals surface area contributed by atoms with Gasteiger partial charge in [0.1, 0.15) is 5.01 Å². The summed E-state index contributed by atoms with van der Waals surface area (Å²) >= 11 is 1.64. The number of amides is 1. The van der Waals surface area contributed by atoms with E-state index in [9.17, 15) is 18.0 Å². The number of fused-ring (bicyclic) bond motifs is 1. The molecule has 1 aliphatic heterocycles. The highest BCUT2D eigenvalue weighted by atomic mass is 32.1. The van der Waals surface area contributed by atoms with Crippen molar-refractivity contribution < 1.29 is 32.6 Å². The third kappa shape index (κ3) is 7.39. The molecule has 30 heavy (non-hydrogen) atoms. The molecule has 3 heterocycles. The summed E-state index contributed by atoms with van der Waals surface area (Å²) in [4.78, 5) is 28.0. The van der Waals surface area contributed by atoms with Crippen LogP contribution in [0.4, 0.5) is 13.2 Å². The SMILES string of the molecule is COCCNC(=O)C1CN(Cc2nccs2)Cc2ccnn2C1.O=C(O)C(F)(F)F. The van der Waals surface area contributed by atoms with Crippen LogP contribution in [-0.2, 0) is 34.0 Å². The largest absolute Gasteiger partial charge is 0.490 e. The Hall–Kier alpha value is -2.51. The van der Waals surface area contributed by atoms with Crippen molar-refractivity contribution in [3.63, 3.8) is 0 Å². The maximum Gasteiger partial charge on any atom is 0.490 e. The zero-order valence-corrected chi connectivity index (χ0v) is 16.9. The molecule has 13 heteroatoms. The summed E-state index contributed by atoms with van der Waals surface area (Å²) in [6.07, 6.45) is -1.47. The molecule has 3 rings (SSSR count). The number of aromatic nitrogens is 3. The molecule has 0 bridgehead atoms. The monoisotopic (exact) mass is 449 g/mol. The minimum atomic E-state index is -5.08. The second-order valence-electron chi connectivity index (χ2n) is 6.38. The third-order valence-corrected chi connectivity index (χ3v) is 4.89. The van der Waals surface area contributed by atoms with E-state index in [1.165, 1.54) is 0 Å². The van der Waals surface area contributed by atoms with E-state index < -0.39 is 12.1 Å². The molecule has 1 aliphatic rings. The van der Waals surface area contributed by atoms with Crippen LogP contribution in [0.2, 0.25) is 0 Å². The van der Waals surface area contributed by atoms with Gasteiger partial charge in [-0.3, -0.25) is 14.4 Å². The van der Waals surface area contributed by atoms with Crippen molar-refractivity contribution in [3.05, 3.63) is 34.5 Å². The quantitative estimate of drug-likeness (QED) is 0.641. The highest BCUT2D eigenvalue weighted by molar-refractivity contribution is 7.09. The molecule has 0 radical (unpaired) electrons. The standard InChI is InChI=1S/C15H21N5O2S.C2HF3O2/c1-22-6-4-17-15(21)12-8-19(11-14-16-5-7-23-14)10-13-2-3-18-20(13)9-12;3-2(4,5)1(6)7/h2-3,5,7,12H,4,6,8-11H2,1H3,(H,17,21);(H,6,7). The van der Waals surface area contributed by atoms with Gasteiger partial charge in [0.25, 0.3) is 0 Å². The number of carbonyl (C=O) groups is 2. The number of nitrogens with zero attached hydrogens (tertiary/aromatic N) is 4. The van der Waals surface area contributed by atoms with E-state index in [1.807, 2.05) is 22.3 Å². The average Bonchev–Trinajstić information content (AvgIpc) is 3.30. The number of ether oxygens (including phenoxy) is 1. The maximum absolute atomic E-state index is 12.5. The van der Waals surface area contributed by atoms with E-state index >= 15 is 0 Å². The molecule has 1 unspecified atom stereocenters. The van der Waals surface area contributed by atoms with Gasteiger partial charge < -0.3 is 15.2 Å². The molecule has 1 atom stereocenters. The predicted octanol–water partition coefficient (Wildman–Crippen LogP) is 1.37. The van der Waals surface area contributed by atoms with Crippen molar-refractivity contribution in [2.24, 2.45) is 5.92 Å². The molecule has 0 aromatic carbocycles. The maximum atomic E-state index is 12.5. The lowest BCUT2D eigenvalue weighted by Crippen LogP contribution is -2.40. The summed E-state index contributed by atoms with van der Waals surface area (Å²) in [5, 5.41) is 17.5. The van der Waals surface area contributed by atoms with Gasteiger partial charge in [-0.2, -0.15) is 18.3 Å². The molecule has 166 valence electrons. The van der Waals surface area contributed by atoms with Gasteiger partial charge in [0.05, 0.1) is 31.3 Å². The van der Waals surface area contributed by atoms with Gasteiger partial charge in [0, 0.05) is 44.5 Å². The topological polar surface area (TPSA) is 110 Å². The number of rotatable bonds is 6. The first-order chi connectivity index (χ1) is 14.2. The normalized spacial score (nSPS) is 16.7. The predicted molar refractivity (Wildman–Crippen MR) is 101 cm³/mol. The number of methoxy groups -OCH3 is 1. The zero-order valence-electron chi connectivity index (χ0n) is 16.1.